The Balaban J connectivity index is 2.24. The van der Waals surface area contributed by atoms with Crippen molar-refractivity contribution in [2.45, 2.75) is 13.5 Å². The van der Waals surface area contributed by atoms with E-state index in [1.54, 1.807) is 13.0 Å². The second-order valence-electron chi connectivity index (χ2n) is 4.24. The van der Waals surface area contributed by atoms with Crippen molar-refractivity contribution in [1.82, 2.24) is 4.98 Å². The number of hydrogen-bond acceptors (Lipinski definition) is 3. The number of carboxylic acids is 1. The average molecular weight is 278 g/mol. The van der Waals surface area contributed by atoms with E-state index >= 15 is 0 Å². The maximum Gasteiger partial charge on any atom is 0.339 e. The molecule has 2 aromatic rings. The van der Waals surface area contributed by atoms with Gasteiger partial charge in [0, 0.05) is 17.8 Å². The third kappa shape index (κ3) is 3.09. The number of benzene rings is 1. The number of hydrogen-bond donors (Lipinski definition) is 2. The minimum atomic E-state index is -1.14. The van der Waals surface area contributed by atoms with Crippen molar-refractivity contribution in [2.24, 2.45) is 0 Å². The first kappa shape index (κ1) is 13.9. The molecular weight excluding hydrogens is 266 g/mol. The van der Waals surface area contributed by atoms with Crippen LogP contribution in [-0.4, -0.2) is 16.1 Å². The molecule has 6 heteroatoms. The van der Waals surface area contributed by atoms with Crippen molar-refractivity contribution in [2.75, 3.05) is 5.32 Å². The molecule has 0 radical (unpaired) electrons. The number of nitrogens with one attached hydrogen (secondary N) is 1. The van der Waals surface area contributed by atoms with Gasteiger partial charge in [-0.2, -0.15) is 0 Å². The molecule has 2 N–H and O–H groups in total. The zero-order chi connectivity index (χ0) is 14.7. The summed E-state index contributed by atoms with van der Waals surface area (Å²) in [7, 11) is 0. The van der Waals surface area contributed by atoms with Crippen molar-refractivity contribution in [3.05, 3.63) is 58.8 Å². The highest BCUT2D eigenvalue weighted by molar-refractivity contribution is 5.93. The van der Waals surface area contributed by atoms with Gasteiger partial charge >= 0.3 is 5.97 Å². The number of rotatable bonds is 4. The Kier molecular flexibility index (Phi) is 3.93. The topological polar surface area (TPSA) is 62.2 Å². The second kappa shape index (κ2) is 5.64. The highest BCUT2D eigenvalue weighted by Crippen LogP contribution is 2.16. The van der Waals surface area contributed by atoms with E-state index in [0.717, 1.165) is 18.2 Å². The van der Waals surface area contributed by atoms with Gasteiger partial charge in [-0.15, -0.1) is 0 Å². The molecular formula is C14H12F2N2O2. The van der Waals surface area contributed by atoms with Crippen LogP contribution < -0.4 is 5.32 Å². The van der Waals surface area contributed by atoms with Gasteiger partial charge in [-0.3, -0.25) is 0 Å². The van der Waals surface area contributed by atoms with Crippen molar-refractivity contribution in [1.29, 1.82) is 0 Å². The summed E-state index contributed by atoms with van der Waals surface area (Å²) in [6.45, 7) is 1.65. The van der Waals surface area contributed by atoms with E-state index in [4.69, 9.17) is 5.11 Å². The Morgan fingerprint density at radius 2 is 2.05 bits per heavy atom. The van der Waals surface area contributed by atoms with Gasteiger partial charge < -0.3 is 10.4 Å². The summed E-state index contributed by atoms with van der Waals surface area (Å²) in [4.78, 5) is 15.1. The molecule has 0 saturated heterocycles. The molecule has 1 aromatic heterocycles. The third-order valence-electron chi connectivity index (χ3n) is 2.72. The van der Waals surface area contributed by atoms with Crippen LogP contribution in [-0.2, 0) is 6.54 Å². The summed E-state index contributed by atoms with van der Waals surface area (Å²) in [6.07, 6.45) is 0. The lowest BCUT2D eigenvalue weighted by atomic mass is 10.2. The minimum Gasteiger partial charge on any atom is -0.478 e. The van der Waals surface area contributed by atoms with Crippen LogP contribution in [0.15, 0.2) is 30.3 Å². The summed E-state index contributed by atoms with van der Waals surface area (Å²) in [5.74, 6) is -2.14. The van der Waals surface area contributed by atoms with E-state index in [2.05, 4.69) is 10.3 Å². The number of carbonyl (C=O) groups is 1. The lowest BCUT2D eigenvalue weighted by molar-refractivity contribution is 0.0697. The van der Waals surface area contributed by atoms with Crippen molar-refractivity contribution >= 4 is 11.8 Å². The number of aromatic carboxylic acids is 1. The molecule has 0 aliphatic heterocycles. The van der Waals surface area contributed by atoms with Gasteiger partial charge in [0.05, 0.1) is 0 Å². The van der Waals surface area contributed by atoms with Crippen LogP contribution in [0.5, 0.6) is 0 Å². The highest BCUT2D eigenvalue weighted by Gasteiger charge is 2.12. The van der Waals surface area contributed by atoms with Gasteiger partial charge in [-0.1, -0.05) is 0 Å². The fourth-order valence-electron chi connectivity index (χ4n) is 1.72. The standard InChI is InChI=1S/C14H12F2N2O2/c1-8-2-4-11(14(19)20)13(18-8)17-7-9-6-10(15)3-5-12(9)16/h2-6H,7H2,1H3,(H,17,18)(H,19,20). The monoisotopic (exact) mass is 278 g/mol. The van der Waals surface area contributed by atoms with Crippen LogP contribution >= 0.6 is 0 Å². The van der Waals surface area contributed by atoms with E-state index in [1.807, 2.05) is 0 Å². The Labute approximate surface area is 114 Å². The van der Waals surface area contributed by atoms with Crippen molar-refractivity contribution in [3.63, 3.8) is 0 Å². The quantitative estimate of drug-likeness (QED) is 0.902. The Bertz CT molecular complexity index is 660. The Morgan fingerprint density at radius 1 is 1.30 bits per heavy atom. The van der Waals surface area contributed by atoms with Gasteiger partial charge in [0.25, 0.3) is 0 Å². The van der Waals surface area contributed by atoms with E-state index in [-0.39, 0.29) is 23.5 Å². The minimum absolute atomic E-state index is 0.0209. The summed E-state index contributed by atoms with van der Waals surface area (Å²) in [5.41, 5.74) is 0.703. The van der Waals surface area contributed by atoms with Crippen LogP contribution in [0.3, 0.4) is 0 Å². The molecule has 0 aliphatic rings. The zero-order valence-electron chi connectivity index (χ0n) is 10.7. The van der Waals surface area contributed by atoms with Crippen molar-refractivity contribution < 1.29 is 18.7 Å². The molecule has 0 aliphatic carbocycles. The maximum absolute atomic E-state index is 13.5. The summed E-state index contributed by atoms with van der Waals surface area (Å²) in [6, 6.07) is 6.07. The first-order valence-corrected chi connectivity index (χ1v) is 5.86. The second-order valence-corrected chi connectivity index (χ2v) is 4.24. The number of aromatic nitrogens is 1. The fourth-order valence-corrected chi connectivity index (χ4v) is 1.72. The largest absolute Gasteiger partial charge is 0.478 e. The molecule has 4 nitrogen and oxygen atoms in total. The van der Waals surface area contributed by atoms with Crippen molar-refractivity contribution in [3.8, 4) is 0 Å². The SMILES string of the molecule is Cc1ccc(C(=O)O)c(NCc2cc(F)ccc2F)n1. The predicted molar refractivity (Wildman–Crippen MR) is 69.6 cm³/mol. The lowest BCUT2D eigenvalue weighted by Gasteiger charge is -2.10. The molecule has 1 heterocycles. The third-order valence-corrected chi connectivity index (χ3v) is 2.72. The zero-order valence-corrected chi connectivity index (χ0v) is 10.7. The van der Waals surface area contributed by atoms with Crippen LogP contribution in [0.25, 0.3) is 0 Å². The Hall–Kier alpha value is -2.50. The number of anilines is 1. The molecule has 0 fully saturated rings. The molecule has 0 spiro atoms. The fraction of sp³-hybridized carbons (Fsp3) is 0.143. The van der Waals surface area contributed by atoms with E-state index < -0.39 is 17.6 Å². The Morgan fingerprint density at radius 3 is 2.75 bits per heavy atom. The number of halogens is 2. The van der Waals surface area contributed by atoms with Crippen LogP contribution in [0, 0.1) is 18.6 Å². The summed E-state index contributed by atoms with van der Waals surface area (Å²) < 4.78 is 26.5. The average Bonchev–Trinajstić information content (AvgIpc) is 2.39. The number of pyridine rings is 1. The number of aryl methyl sites for hydroxylation is 1. The molecule has 0 unspecified atom stereocenters. The molecule has 2 rings (SSSR count). The first-order chi connectivity index (χ1) is 9.47. The van der Waals surface area contributed by atoms with E-state index in [1.165, 1.54) is 6.07 Å². The van der Waals surface area contributed by atoms with Gasteiger partial charge in [-0.05, 0) is 37.3 Å². The van der Waals surface area contributed by atoms with E-state index in [9.17, 15) is 13.6 Å². The molecule has 0 amide bonds. The molecule has 20 heavy (non-hydrogen) atoms. The van der Waals surface area contributed by atoms with Gasteiger partial charge in [-0.25, -0.2) is 18.6 Å². The van der Waals surface area contributed by atoms with E-state index in [0.29, 0.717) is 5.69 Å². The predicted octanol–water partition coefficient (Wildman–Crippen LogP) is 2.98. The lowest BCUT2D eigenvalue weighted by Crippen LogP contribution is -2.10. The molecule has 1 aromatic carbocycles. The smallest absolute Gasteiger partial charge is 0.339 e. The van der Waals surface area contributed by atoms with Gasteiger partial charge in [0.15, 0.2) is 0 Å². The molecule has 0 saturated carbocycles. The molecule has 0 bridgehead atoms. The van der Waals surface area contributed by atoms with Crippen LogP contribution in [0.1, 0.15) is 21.6 Å². The summed E-state index contributed by atoms with van der Waals surface area (Å²) in [5, 5.41) is 11.8. The number of nitrogens with zero attached hydrogens (tertiary/aromatic N) is 1. The normalized spacial score (nSPS) is 10.3. The molecule has 104 valence electrons. The van der Waals surface area contributed by atoms with Crippen LogP contribution in [0.2, 0.25) is 0 Å². The summed E-state index contributed by atoms with van der Waals surface area (Å²) >= 11 is 0. The molecule has 0 atom stereocenters. The maximum atomic E-state index is 13.5. The first-order valence-electron chi connectivity index (χ1n) is 5.86. The highest BCUT2D eigenvalue weighted by atomic mass is 19.1. The van der Waals surface area contributed by atoms with Gasteiger partial charge in [0.2, 0.25) is 0 Å². The van der Waals surface area contributed by atoms with Crippen LogP contribution in [0.4, 0.5) is 14.6 Å². The van der Waals surface area contributed by atoms with Gasteiger partial charge in [0.1, 0.15) is 23.0 Å². The number of carboxylic acid groups (broad SMARTS) is 1.